The van der Waals surface area contributed by atoms with Gasteiger partial charge in [0, 0.05) is 44.1 Å². The van der Waals surface area contributed by atoms with Crippen LogP contribution >= 0.6 is 55.8 Å². The molecule has 10 nitrogen and oxygen atoms in total. The second-order valence-corrected chi connectivity index (χ2v) is 11.2. The molecule has 40 heavy (non-hydrogen) atoms. The standard InChI is InChI=1S/C10H8N2S2.C8H9NO2S2.C3H6O2S.C2H4O2.CH4O.CH4/c1-3-7-11-9(5-1)13-14-10-6-2-4-8-12-10;10-8(11)4-6-12-13-7-3-1-2-5-9-7;4-3(5)1-2-6;1-2(3)4;1-2;/h1-8H;1-3,5H,4,6H2,(H,10,11);6H,1-2H2,(H,4,5);1H3,(H,3,4);2H,1H3;1H4. The van der Waals surface area contributed by atoms with Crippen molar-refractivity contribution in [1.82, 2.24) is 15.0 Å². The Balaban J connectivity index is -0.000000487. The summed E-state index contributed by atoms with van der Waals surface area (Å²) in [5, 5.41) is 33.6. The molecule has 0 atom stereocenters. The highest BCUT2D eigenvalue weighted by molar-refractivity contribution is 8.77. The maximum atomic E-state index is 10.2. The maximum Gasteiger partial charge on any atom is 0.304 e. The number of nitrogens with zero attached hydrogens (tertiary/aromatic N) is 3. The van der Waals surface area contributed by atoms with Gasteiger partial charge in [0.25, 0.3) is 5.97 Å². The minimum Gasteiger partial charge on any atom is -0.481 e. The van der Waals surface area contributed by atoms with Crippen LogP contribution in [0.1, 0.15) is 27.2 Å². The largest absolute Gasteiger partial charge is 0.481 e. The van der Waals surface area contributed by atoms with Crippen molar-refractivity contribution in [3.05, 3.63) is 73.2 Å². The van der Waals surface area contributed by atoms with Gasteiger partial charge in [0.1, 0.15) is 15.1 Å². The lowest BCUT2D eigenvalue weighted by atomic mass is 10.5. The molecule has 15 heteroatoms. The SMILES string of the molecule is C.CC(=O)O.CO.O=C(O)CCS.O=C(O)CCSSc1ccccn1.c1ccc(SSc2ccccn2)nc1. The first-order valence-corrected chi connectivity index (χ1v) is 15.9. The fraction of sp³-hybridized carbons (Fsp3) is 0.280. The van der Waals surface area contributed by atoms with Gasteiger partial charge in [-0.05, 0) is 68.8 Å². The topological polar surface area (TPSA) is 171 Å². The summed E-state index contributed by atoms with van der Waals surface area (Å²) in [7, 11) is 7.25. The summed E-state index contributed by atoms with van der Waals surface area (Å²) in [5.41, 5.74) is 0. The van der Waals surface area contributed by atoms with Gasteiger partial charge in [-0.2, -0.15) is 12.6 Å². The first kappa shape index (κ1) is 42.0. The number of carboxylic acid groups (broad SMARTS) is 3. The van der Waals surface area contributed by atoms with Gasteiger partial charge in [-0.3, -0.25) is 14.4 Å². The van der Waals surface area contributed by atoms with E-state index in [4.69, 9.17) is 25.2 Å². The minimum atomic E-state index is -0.833. The summed E-state index contributed by atoms with van der Waals surface area (Å²) in [6, 6.07) is 17.4. The van der Waals surface area contributed by atoms with Crippen molar-refractivity contribution in [2.75, 3.05) is 18.6 Å². The molecular formula is C25H35N3O7S5. The average molecular weight is 650 g/mol. The Bertz CT molecular complexity index is 966. The van der Waals surface area contributed by atoms with Gasteiger partial charge in [-0.25, -0.2) is 15.0 Å². The summed E-state index contributed by atoms with van der Waals surface area (Å²) in [4.78, 5) is 41.2. The number of pyridine rings is 3. The van der Waals surface area contributed by atoms with E-state index in [1.165, 1.54) is 21.6 Å². The van der Waals surface area contributed by atoms with Crippen molar-refractivity contribution in [3.8, 4) is 0 Å². The minimum absolute atomic E-state index is 0. The number of hydrogen-bond donors (Lipinski definition) is 5. The number of aliphatic carboxylic acids is 3. The second-order valence-electron chi connectivity index (χ2n) is 6.11. The maximum absolute atomic E-state index is 10.2. The first-order chi connectivity index (χ1) is 18.7. The molecule has 3 heterocycles. The molecule has 0 aliphatic carbocycles. The van der Waals surface area contributed by atoms with E-state index >= 15 is 0 Å². The molecule has 0 fully saturated rings. The molecule has 3 aromatic rings. The summed E-state index contributed by atoms with van der Waals surface area (Å²) in [6.45, 7) is 1.08. The van der Waals surface area contributed by atoms with Crippen molar-refractivity contribution in [2.45, 2.75) is 42.3 Å². The molecule has 0 bridgehead atoms. The van der Waals surface area contributed by atoms with Crippen molar-refractivity contribution < 1.29 is 34.8 Å². The van der Waals surface area contributed by atoms with Crippen LogP contribution in [0.25, 0.3) is 0 Å². The highest BCUT2D eigenvalue weighted by Crippen LogP contribution is 2.34. The lowest BCUT2D eigenvalue weighted by Gasteiger charge is -1.97. The number of thiol groups is 1. The molecule has 0 saturated heterocycles. The van der Waals surface area contributed by atoms with Crippen molar-refractivity contribution in [1.29, 1.82) is 0 Å². The highest BCUT2D eigenvalue weighted by Gasteiger charge is 1.99. The Morgan fingerprint density at radius 2 is 1.05 bits per heavy atom. The zero-order chi connectivity index (χ0) is 29.7. The lowest BCUT2D eigenvalue weighted by molar-refractivity contribution is -0.137. The molecule has 0 spiro atoms. The molecule has 0 aromatic carbocycles. The molecule has 222 valence electrons. The highest BCUT2D eigenvalue weighted by atomic mass is 33.1. The molecule has 0 radical (unpaired) electrons. The third-order valence-electron chi connectivity index (χ3n) is 2.99. The van der Waals surface area contributed by atoms with Gasteiger partial charge in [0.2, 0.25) is 0 Å². The van der Waals surface area contributed by atoms with E-state index in [1.54, 1.807) is 40.2 Å². The predicted molar refractivity (Wildman–Crippen MR) is 169 cm³/mol. The van der Waals surface area contributed by atoms with Gasteiger partial charge >= 0.3 is 11.9 Å². The van der Waals surface area contributed by atoms with Gasteiger partial charge in [0.15, 0.2) is 0 Å². The van der Waals surface area contributed by atoms with Crippen molar-refractivity contribution in [2.24, 2.45) is 0 Å². The van der Waals surface area contributed by atoms with Gasteiger partial charge < -0.3 is 20.4 Å². The number of rotatable bonds is 10. The van der Waals surface area contributed by atoms with Crippen LogP contribution in [0.3, 0.4) is 0 Å². The lowest BCUT2D eigenvalue weighted by Crippen LogP contribution is -1.94. The Labute approximate surface area is 256 Å². The molecule has 0 aliphatic rings. The molecule has 3 rings (SSSR count). The fourth-order valence-electron chi connectivity index (χ4n) is 1.60. The van der Waals surface area contributed by atoms with Crippen LogP contribution in [-0.4, -0.2) is 71.9 Å². The number of aromatic nitrogens is 3. The zero-order valence-corrected chi connectivity index (χ0v) is 25.4. The van der Waals surface area contributed by atoms with Crippen LogP contribution < -0.4 is 0 Å². The van der Waals surface area contributed by atoms with Crippen LogP contribution in [0.4, 0.5) is 0 Å². The molecule has 3 aromatic heterocycles. The number of aliphatic hydroxyl groups is 1. The number of hydrogen-bond acceptors (Lipinski definition) is 12. The van der Waals surface area contributed by atoms with E-state index in [2.05, 4.69) is 27.6 Å². The molecule has 0 unspecified atom stereocenters. The quantitative estimate of drug-likeness (QED) is 0.0941. The Morgan fingerprint density at radius 3 is 1.30 bits per heavy atom. The summed E-state index contributed by atoms with van der Waals surface area (Å²) >= 11 is 3.68. The van der Waals surface area contributed by atoms with Crippen LogP contribution in [0, 0.1) is 0 Å². The number of carboxylic acids is 3. The van der Waals surface area contributed by atoms with E-state index < -0.39 is 17.9 Å². The number of aliphatic hydroxyl groups excluding tert-OH is 1. The van der Waals surface area contributed by atoms with E-state index in [-0.39, 0.29) is 20.3 Å². The van der Waals surface area contributed by atoms with Crippen LogP contribution in [0.2, 0.25) is 0 Å². The Morgan fingerprint density at radius 1 is 0.700 bits per heavy atom. The molecule has 0 saturated carbocycles. The normalized spacial score (nSPS) is 8.70. The average Bonchev–Trinajstić information content (AvgIpc) is 2.93. The molecular weight excluding hydrogens is 615 g/mol. The Kier molecular flexibility index (Phi) is 32.7. The van der Waals surface area contributed by atoms with Gasteiger partial charge in [-0.1, -0.05) is 36.4 Å². The third kappa shape index (κ3) is 31.8. The van der Waals surface area contributed by atoms with Crippen molar-refractivity contribution >= 4 is 73.7 Å². The first-order valence-electron chi connectivity index (χ1n) is 10.8. The van der Waals surface area contributed by atoms with Crippen LogP contribution in [0.5, 0.6) is 0 Å². The molecule has 0 amide bonds. The molecule has 0 aliphatic heterocycles. The monoisotopic (exact) mass is 649 g/mol. The molecule has 4 N–H and O–H groups in total. The summed E-state index contributed by atoms with van der Waals surface area (Å²) in [5.74, 6) is -1.34. The third-order valence-corrected chi connectivity index (χ3v) is 7.67. The van der Waals surface area contributed by atoms with E-state index in [0.29, 0.717) is 11.5 Å². The Hall–Kier alpha value is -2.43. The zero-order valence-electron chi connectivity index (χ0n) is 21.2. The van der Waals surface area contributed by atoms with E-state index in [0.717, 1.165) is 29.1 Å². The van der Waals surface area contributed by atoms with Crippen LogP contribution in [0.15, 0.2) is 88.3 Å². The smallest absolute Gasteiger partial charge is 0.304 e. The van der Waals surface area contributed by atoms with Gasteiger partial charge in [-0.15, -0.1) is 0 Å². The van der Waals surface area contributed by atoms with E-state index in [9.17, 15) is 9.59 Å². The second kappa shape index (κ2) is 31.1. The van der Waals surface area contributed by atoms with Crippen LogP contribution in [-0.2, 0) is 14.4 Å². The summed E-state index contributed by atoms with van der Waals surface area (Å²) in [6.07, 6.45) is 5.66. The van der Waals surface area contributed by atoms with E-state index in [1.807, 2.05) is 54.6 Å². The van der Waals surface area contributed by atoms with Crippen molar-refractivity contribution in [3.63, 3.8) is 0 Å². The van der Waals surface area contributed by atoms with Gasteiger partial charge in [0.05, 0.1) is 12.8 Å². The fourth-order valence-corrected chi connectivity index (χ4v) is 5.40. The summed E-state index contributed by atoms with van der Waals surface area (Å²) < 4.78 is 0. The predicted octanol–water partition coefficient (Wildman–Crippen LogP) is 6.30. The number of carbonyl (C=O) groups is 3.